The van der Waals surface area contributed by atoms with Crippen LogP contribution in [-0.2, 0) is 11.2 Å². The second kappa shape index (κ2) is 8.31. The number of aryl methyl sites for hydroxylation is 1. The second-order valence-electron chi connectivity index (χ2n) is 8.29. The van der Waals surface area contributed by atoms with E-state index in [-0.39, 0.29) is 23.3 Å². The molecule has 0 spiro atoms. The van der Waals surface area contributed by atoms with Crippen molar-refractivity contribution in [3.63, 3.8) is 0 Å². The Morgan fingerprint density at radius 2 is 1.88 bits per heavy atom. The van der Waals surface area contributed by atoms with Crippen molar-refractivity contribution in [2.24, 2.45) is 0 Å². The van der Waals surface area contributed by atoms with Crippen molar-refractivity contribution in [2.45, 2.75) is 43.9 Å². The van der Waals surface area contributed by atoms with Crippen molar-refractivity contribution in [3.8, 4) is 11.4 Å². The molecule has 9 heteroatoms. The number of imidazole rings is 1. The molecule has 2 amide bonds. The van der Waals surface area contributed by atoms with Gasteiger partial charge in [0, 0.05) is 23.6 Å². The zero-order valence-electron chi connectivity index (χ0n) is 17.6. The fourth-order valence-corrected chi connectivity index (χ4v) is 4.21. The fraction of sp³-hybridized carbons (Fsp3) is 0.292. The number of hydrogen-bond acceptors (Lipinski definition) is 4. The predicted molar refractivity (Wildman–Crippen MR) is 115 cm³/mol. The summed E-state index contributed by atoms with van der Waals surface area (Å²) in [6.45, 7) is -2.93. The van der Waals surface area contributed by atoms with Crippen LogP contribution in [0, 0.1) is 0 Å². The van der Waals surface area contributed by atoms with Crippen LogP contribution in [0.3, 0.4) is 0 Å². The van der Waals surface area contributed by atoms with Crippen molar-refractivity contribution in [1.82, 2.24) is 20.2 Å². The zero-order chi connectivity index (χ0) is 23.0. The normalized spacial score (nSPS) is 18.0. The molecular formula is C24H22F2N4O3. The molecule has 3 aromatic rings. The molecule has 1 aliphatic carbocycles. The number of aromatic nitrogens is 2. The van der Waals surface area contributed by atoms with Crippen LogP contribution >= 0.6 is 0 Å². The van der Waals surface area contributed by atoms with Gasteiger partial charge in [0.25, 0.3) is 5.91 Å². The summed E-state index contributed by atoms with van der Waals surface area (Å²) in [6.07, 6.45) is 6.13. The Kier molecular flexibility index (Phi) is 5.32. The van der Waals surface area contributed by atoms with E-state index in [2.05, 4.69) is 26.4 Å². The van der Waals surface area contributed by atoms with Crippen LogP contribution in [0.25, 0.3) is 5.69 Å². The molecule has 2 N–H and O–H groups in total. The number of amides is 2. The molecule has 170 valence electrons. The van der Waals surface area contributed by atoms with Gasteiger partial charge in [0.05, 0.1) is 6.04 Å². The van der Waals surface area contributed by atoms with Crippen molar-refractivity contribution < 1.29 is 23.1 Å². The standard InChI is InChI=1S/C24H22F2N4O3/c25-23(26)33-17-8-5-16(6-9-17)21(31)29-24(11-12-24)22(32)28-18-10-7-15-3-1-2-4-19(15)30-14-13-27-20(18)30/h1-6,8-9,13-14,18,23H,7,10-12H2,(H,28,32)(H,29,31). The molecule has 2 aliphatic rings. The third-order valence-corrected chi connectivity index (χ3v) is 6.12. The summed E-state index contributed by atoms with van der Waals surface area (Å²) in [5.41, 5.74) is 1.51. The number of nitrogens with zero attached hydrogens (tertiary/aromatic N) is 2. The number of carbonyl (C=O) groups excluding carboxylic acids is 2. The highest BCUT2D eigenvalue weighted by Gasteiger charge is 2.52. The van der Waals surface area contributed by atoms with Crippen LogP contribution in [0.1, 0.15) is 47.1 Å². The molecule has 1 aromatic heterocycles. The van der Waals surface area contributed by atoms with E-state index in [9.17, 15) is 18.4 Å². The van der Waals surface area contributed by atoms with Gasteiger partial charge in [-0.1, -0.05) is 18.2 Å². The third-order valence-electron chi connectivity index (χ3n) is 6.12. The highest BCUT2D eigenvalue weighted by molar-refractivity contribution is 6.00. The minimum atomic E-state index is -2.93. The first-order valence-electron chi connectivity index (χ1n) is 10.8. The van der Waals surface area contributed by atoms with Gasteiger partial charge >= 0.3 is 6.61 Å². The highest BCUT2D eigenvalue weighted by atomic mass is 19.3. The summed E-state index contributed by atoms with van der Waals surface area (Å²) in [6, 6.07) is 13.2. The van der Waals surface area contributed by atoms with Crippen LogP contribution in [0.2, 0.25) is 0 Å². The average molecular weight is 452 g/mol. The van der Waals surface area contributed by atoms with Gasteiger partial charge in [-0.3, -0.25) is 9.59 Å². The van der Waals surface area contributed by atoms with E-state index in [1.165, 1.54) is 29.8 Å². The van der Waals surface area contributed by atoms with Crippen molar-refractivity contribution in [2.75, 3.05) is 0 Å². The maximum atomic E-state index is 13.2. The average Bonchev–Trinajstić information content (AvgIpc) is 3.46. The number of alkyl halides is 2. The van der Waals surface area contributed by atoms with Crippen molar-refractivity contribution >= 4 is 11.8 Å². The molecule has 1 fully saturated rings. The lowest BCUT2D eigenvalue weighted by molar-refractivity contribution is -0.124. The number of para-hydroxylation sites is 1. The number of ether oxygens (including phenoxy) is 1. The number of hydrogen-bond donors (Lipinski definition) is 2. The van der Waals surface area contributed by atoms with E-state index >= 15 is 0 Å². The zero-order valence-corrected chi connectivity index (χ0v) is 17.6. The van der Waals surface area contributed by atoms with E-state index < -0.39 is 18.1 Å². The Morgan fingerprint density at radius 3 is 2.61 bits per heavy atom. The first-order valence-corrected chi connectivity index (χ1v) is 10.8. The summed E-state index contributed by atoms with van der Waals surface area (Å²) in [7, 11) is 0. The Labute approximate surface area is 188 Å². The minimum absolute atomic E-state index is 0.0368. The second-order valence-corrected chi connectivity index (χ2v) is 8.29. The monoisotopic (exact) mass is 452 g/mol. The lowest BCUT2D eigenvalue weighted by Gasteiger charge is -2.22. The molecule has 0 saturated heterocycles. The number of halogens is 2. The quantitative estimate of drug-likeness (QED) is 0.599. The Balaban J connectivity index is 1.28. The van der Waals surface area contributed by atoms with Gasteiger partial charge < -0.3 is 19.9 Å². The summed E-state index contributed by atoms with van der Waals surface area (Å²) in [5, 5.41) is 5.90. The third kappa shape index (κ3) is 4.18. The topological polar surface area (TPSA) is 85.3 Å². The molecule has 1 saturated carbocycles. The smallest absolute Gasteiger partial charge is 0.387 e. The van der Waals surface area contributed by atoms with Gasteiger partial charge in [-0.2, -0.15) is 8.78 Å². The maximum Gasteiger partial charge on any atom is 0.387 e. The van der Waals surface area contributed by atoms with Crippen LogP contribution < -0.4 is 15.4 Å². The summed E-state index contributed by atoms with van der Waals surface area (Å²) < 4.78 is 30.9. The Morgan fingerprint density at radius 1 is 1.12 bits per heavy atom. The Hall–Kier alpha value is -3.75. The number of rotatable bonds is 6. The molecule has 0 bridgehead atoms. The number of nitrogens with one attached hydrogen (secondary N) is 2. The number of carbonyl (C=O) groups is 2. The van der Waals surface area contributed by atoms with E-state index in [0.717, 1.165) is 17.9 Å². The van der Waals surface area contributed by atoms with Gasteiger partial charge in [-0.05, 0) is 61.6 Å². The molecule has 5 rings (SSSR count). The van der Waals surface area contributed by atoms with Crippen LogP contribution in [0.5, 0.6) is 5.75 Å². The van der Waals surface area contributed by atoms with Gasteiger partial charge in [0.15, 0.2) is 0 Å². The lowest BCUT2D eigenvalue weighted by atomic mass is 10.0. The molecule has 2 heterocycles. The maximum absolute atomic E-state index is 13.2. The highest BCUT2D eigenvalue weighted by Crippen LogP contribution is 2.37. The van der Waals surface area contributed by atoms with Gasteiger partial charge in [-0.15, -0.1) is 0 Å². The molecule has 1 aliphatic heterocycles. The fourth-order valence-electron chi connectivity index (χ4n) is 4.21. The molecule has 1 atom stereocenters. The van der Waals surface area contributed by atoms with E-state index in [4.69, 9.17) is 0 Å². The van der Waals surface area contributed by atoms with Gasteiger partial charge in [0.2, 0.25) is 5.91 Å². The van der Waals surface area contributed by atoms with Crippen LogP contribution in [-0.4, -0.2) is 33.5 Å². The van der Waals surface area contributed by atoms with Crippen LogP contribution in [0.4, 0.5) is 8.78 Å². The molecule has 2 aromatic carbocycles. The Bertz CT molecular complexity index is 1190. The number of benzene rings is 2. The lowest BCUT2D eigenvalue weighted by Crippen LogP contribution is -2.50. The van der Waals surface area contributed by atoms with E-state index in [0.29, 0.717) is 19.3 Å². The summed E-state index contributed by atoms with van der Waals surface area (Å²) in [5.74, 6) is 0.0235. The summed E-state index contributed by atoms with van der Waals surface area (Å²) in [4.78, 5) is 30.4. The van der Waals surface area contributed by atoms with Crippen LogP contribution in [0.15, 0.2) is 60.9 Å². The van der Waals surface area contributed by atoms with Crippen molar-refractivity contribution in [1.29, 1.82) is 0 Å². The largest absolute Gasteiger partial charge is 0.435 e. The molecular weight excluding hydrogens is 430 g/mol. The first-order chi connectivity index (χ1) is 15.9. The van der Waals surface area contributed by atoms with E-state index in [1.807, 2.05) is 29.0 Å². The molecule has 0 radical (unpaired) electrons. The summed E-state index contributed by atoms with van der Waals surface area (Å²) >= 11 is 0. The van der Waals surface area contributed by atoms with Gasteiger partial charge in [0.1, 0.15) is 17.1 Å². The molecule has 1 unspecified atom stereocenters. The number of fused-ring (bicyclic) bond motifs is 3. The van der Waals surface area contributed by atoms with Crippen molar-refractivity contribution in [3.05, 3.63) is 77.9 Å². The van der Waals surface area contributed by atoms with Gasteiger partial charge in [-0.25, -0.2) is 4.98 Å². The first kappa shape index (κ1) is 21.1. The van der Waals surface area contributed by atoms with E-state index in [1.54, 1.807) is 6.20 Å². The molecule has 7 nitrogen and oxygen atoms in total. The predicted octanol–water partition coefficient (Wildman–Crippen LogP) is 3.54. The molecule has 33 heavy (non-hydrogen) atoms. The minimum Gasteiger partial charge on any atom is -0.435 e. The SMILES string of the molecule is O=C(NC1(C(=O)NC2CCc3ccccc3-n3ccnc32)CC1)c1ccc(OC(F)F)cc1.